The van der Waals surface area contributed by atoms with Crippen LogP contribution >= 0.6 is 0 Å². The Balaban J connectivity index is 2.52. The second-order valence-corrected chi connectivity index (χ2v) is 2.79. The zero-order valence-corrected chi connectivity index (χ0v) is 5.64. The smallest absolute Gasteiger partial charge is 0.107 e. The number of aliphatic hydroxyl groups excluding tert-OH is 3. The minimum atomic E-state index is -1.07. The van der Waals surface area contributed by atoms with E-state index in [4.69, 9.17) is 21.1 Å². The van der Waals surface area contributed by atoms with Crippen LogP contribution < -0.4 is 5.73 Å². The summed E-state index contributed by atoms with van der Waals surface area (Å²) >= 11 is 0. The van der Waals surface area contributed by atoms with Crippen molar-refractivity contribution in [2.24, 2.45) is 5.73 Å². The normalized spacial score (nSPS) is 49.2. The molecule has 1 fully saturated rings. The highest BCUT2D eigenvalue weighted by molar-refractivity contribution is 4.89. The van der Waals surface area contributed by atoms with E-state index in [1.54, 1.807) is 0 Å². The number of hydrogen-bond acceptors (Lipinski definition) is 4. The third kappa shape index (κ3) is 1.29. The lowest BCUT2D eigenvalue weighted by molar-refractivity contribution is -0.0924. The summed E-state index contributed by atoms with van der Waals surface area (Å²) in [7, 11) is 0. The standard InChI is InChI=1S/C6H13NO3/c7-3-1-2-4(8)6(10)5(3)9/h3-6,8-10H,1-2,7H2/t3-,4-,5-,6+/m0/s1. The van der Waals surface area contributed by atoms with Crippen molar-refractivity contribution in [1.82, 2.24) is 0 Å². The molecule has 0 aromatic heterocycles. The minimum Gasteiger partial charge on any atom is -0.390 e. The summed E-state index contributed by atoms with van der Waals surface area (Å²) < 4.78 is 0. The molecule has 4 atom stereocenters. The monoisotopic (exact) mass is 147 g/mol. The van der Waals surface area contributed by atoms with E-state index in [-0.39, 0.29) is 0 Å². The number of hydrogen-bond donors (Lipinski definition) is 4. The third-order valence-corrected chi connectivity index (χ3v) is 1.98. The molecule has 5 N–H and O–H groups in total. The van der Waals surface area contributed by atoms with Gasteiger partial charge in [0.25, 0.3) is 0 Å². The van der Waals surface area contributed by atoms with Crippen molar-refractivity contribution >= 4 is 0 Å². The molecule has 0 amide bonds. The van der Waals surface area contributed by atoms with Gasteiger partial charge in [-0.3, -0.25) is 0 Å². The van der Waals surface area contributed by atoms with E-state index in [1.165, 1.54) is 0 Å². The van der Waals surface area contributed by atoms with Crippen LogP contribution in [-0.2, 0) is 0 Å². The molecule has 10 heavy (non-hydrogen) atoms. The number of nitrogens with two attached hydrogens (primary N) is 1. The Morgan fingerprint density at radius 1 is 1.00 bits per heavy atom. The fourth-order valence-corrected chi connectivity index (χ4v) is 1.19. The third-order valence-electron chi connectivity index (χ3n) is 1.98. The van der Waals surface area contributed by atoms with Gasteiger partial charge in [0.2, 0.25) is 0 Å². The molecule has 1 rings (SSSR count). The molecule has 0 spiro atoms. The maximum absolute atomic E-state index is 9.08. The van der Waals surface area contributed by atoms with Crippen molar-refractivity contribution in [1.29, 1.82) is 0 Å². The first-order valence-electron chi connectivity index (χ1n) is 3.42. The predicted molar refractivity (Wildman–Crippen MR) is 35.2 cm³/mol. The van der Waals surface area contributed by atoms with E-state index in [2.05, 4.69) is 0 Å². The lowest BCUT2D eigenvalue weighted by Gasteiger charge is -2.32. The first kappa shape index (κ1) is 7.94. The van der Waals surface area contributed by atoms with Crippen LogP contribution in [0.2, 0.25) is 0 Å². The van der Waals surface area contributed by atoms with E-state index in [1.807, 2.05) is 0 Å². The molecule has 0 radical (unpaired) electrons. The molecular weight excluding hydrogens is 134 g/mol. The Morgan fingerprint density at radius 2 is 1.60 bits per heavy atom. The van der Waals surface area contributed by atoms with Crippen molar-refractivity contribution in [3.8, 4) is 0 Å². The van der Waals surface area contributed by atoms with Crippen LogP contribution in [0, 0.1) is 0 Å². The largest absolute Gasteiger partial charge is 0.390 e. The molecule has 0 unspecified atom stereocenters. The summed E-state index contributed by atoms with van der Waals surface area (Å²) in [5.74, 6) is 0. The SMILES string of the molecule is N[C@H]1CC[C@H](O)[C@@H](O)[C@H]1O. The van der Waals surface area contributed by atoms with E-state index in [0.29, 0.717) is 12.8 Å². The van der Waals surface area contributed by atoms with Gasteiger partial charge in [0.15, 0.2) is 0 Å². The van der Waals surface area contributed by atoms with Gasteiger partial charge in [0, 0.05) is 6.04 Å². The van der Waals surface area contributed by atoms with Crippen LogP contribution in [0.25, 0.3) is 0 Å². The van der Waals surface area contributed by atoms with Crippen molar-refractivity contribution in [3.05, 3.63) is 0 Å². The second kappa shape index (κ2) is 2.84. The highest BCUT2D eigenvalue weighted by atomic mass is 16.4. The Morgan fingerprint density at radius 3 is 2.10 bits per heavy atom. The Labute approximate surface area is 59.3 Å². The first-order valence-corrected chi connectivity index (χ1v) is 3.42. The van der Waals surface area contributed by atoms with Gasteiger partial charge in [0.1, 0.15) is 6.10 Å². The zero-order chi connectivity index (χ0) is 7.72. The van der Waals surface area contributed by atoms with Crippen molar-refractivity contribution in [2.75, 3.05) is 0 Å². The molecule has 0 bridgehead atoms. The molecular formula is C6H13NO3. The number of rotatable bonds is 0. The van der Waals surface area contributed by atoms with E-state index in [9.17, 15) is 0 Å². The van der Waals surface area contributed by atoms with E-state index < -0.39 is 24.4 Å². The van der Waals surface area contributed by atoms with Crippen LogP contribution in [0.15, 0.2) is 0 Å². The molecule has 1 aliphatic carbocycles. The number of aliphatic hydroxyl groups is 3. The van der Waals surface area contributed by atoms with E-state index >= 15 is 0 Å². The summed E-state index contributed by atoms with van der Waals surface area (Å²) in [5, 5.41) is 27.1. The van der Waals surface area contributed by atoms with Gasteiger partial charge in [-0.1, -0.05) is 0 Å². The molecule has 0 aliphatic heterocycles. The van der Waals surface area contributed by atoms with Crippen LogP contribution in [0.5, 0.6) is 0 Å². The average Bonchev–Trinajstić information content (AvgIpc) is 1.93. The summed E-state index contributed by atoms with van der Waals surface area (Å²) in [6.45, 7) is 0. The summed E-state index contributed by atoms with van der Waals surface area (Å²) in [6.07, 6.45) is -1.80. The van der Waals surface area contributed by atoms with Crippen molar-refractivity contribution in [2.45, 2.75) is 37.2 Å². The van der Waals surface area contributed by atoms with Crippen LogP contribution in [0.4, 0.5) is 0 Å². The molecule has 0 heterocycles. The second-order valence-electron chi connectivity index (χ2n) is 2.79. The fraction of sp³-hybridized carbons (Fsp3) is 1.00. The zero-order valence-electron chi connectivity index (χ0n) is 5.64. The van der Waals surface area contributed by atoms with Crippen LogP contribution in [0.3, 0.4) is 0 Å². The lowest BCUT2D eigenvalue weighted by Crippen LogP contribution is -2.52. The van der Waals surface area contributed by atoms with Gasteiger partial charge < -0.3 is 21.1 Å². The van der Waals surface area contributed by atoms with Crippen molar-refractivity contribution < 1.29 is 15.3 Å². The molecule has 1 aliphatic rings. The molecule has 1 saturated carbocycles. The Hall–Kier alpha value is -0.160. The maximum atomic E-state index is 9.08. The van der Waals surface area contributed by atoms with Gasteiger partial charge in [-0.05, 0) is 12.8 Å². The van der Waals surface area contributed by atoms with Gasteiger partial charge in [0.05, 0.1) is 12.2 Å². The van der Waals surface area contributed by atoms with E-state index in [0.717, 1.165) is 0 Å². The van der Waals surface area contributed by atoms with Gasteiger partial charge in [-0.25, -0.2) is 0 Å². The Bertz CT molecular complexity index is 106. The molecule has 60 valence electrons. The van der Waals surface area contributed by atoms with Crippen LogP contribution in [0.1, 0.15) is 12.8 Å². The van der Waals surface area contributed by atoms with Gasteiger partial charge in [-0.2, -0.15) is 0 Å². The lowest BCUT2D eigenvalue weighted by atomic mass is 9.88. The van der Waals surface area contributed by atoms with Gasteiger partial charge in [-0.15, -0.1) is 0 Å². The molecule has 0 aromatic rings. The Kier molecular flexibility index (Phi) is 2.25. The van der Waals surface area contributed by atoms with Gasteiger partial charge >= 0.3 is 0 Å². The quantitative estimate of drug-likeness (QED) is 0.325. The highest BCUT2D eigenvalue weighted by Crippen LogP contribution is 2.17. The first-order chi connectivity index (χ1) is 4.63. The highest BCUT2D eigenvalue weighted by Gasteiger charge is 2.34. The average molecular weight is 147 g/mol. The summed E-state index contributed by atoms with van der Waals surface area (Å²) in [5.41, 5.74) is 5.41. The fourth-order valence-electron chi connectivity index (χ4n) is 1.19. The topological polar surface area (TPSA) is 86.7 Å². The summed E-state index contributed by atoms with van der Waals surface area (Å²) in [6, 6.07) is -0.390. The van der Waals surface area contributed by atoms with Crippen LogP contribution in [-0.4, -0.2) is 39.7 Å². The van der Waals surface area contributed by atoms with Crippen molar-refractivity contribution in [3.63, 3.8) is 0 Å². The summed E-state index contributed by atoms with van der Waals surface area (Å²) in [4.78, 5) is 0. The predicted octanol–water partition coefficient (Wildman–Crippen LogP) is -1.81. The molecule has 4 heteroatoms. The molecule has 0 aromatic carbocycles. The molecule has 0 saturated heterocycles. The molecule has 4 nitrogen and oxygen atoms in total. The minimum absolute atomic E-state index is 0.390. The maximum Gasteiger partial charge on any atom is 0.107 e.